The number of likely N-dealkylation sites (N-methyl/N-ethyl adjacent to an activating group) is 1. The van der Waals surface area contributed by atoms with Gasteiger partial charge < -0.3 is 14.8 Å². The van der Waals surface area contributed by atoms with Crippen molar-refractivity contribution in [3.8, 4) is 11.3 Å². The first-order valence-electron chi connectivity index (χ1n) is 11.7. The number of aromatic nitrogens is 2. The van der Waals surface area contributed by atoms with Crippen molar-refractivity contribution in [3.63, 3.8) is 0 Å². The van der Waals surface area contributed by atoms with Crippen LogP contribution in [0, 0.1) is 0 Å². The van der Waals surface area contributed by atoms with Crippen LogP contribution in [0.5, 0.6) is 0 Å². The molecule has 0 saturated carbocycles. The van der Waals surface area contributed by atoms with E-state index in [1.807, 2.05) is 87.0 Å². The molecule has 178 valence electrons. The SMILES string of the molecule is CN(C(=O)c1cccc(-c2ccccn2)c1)[C@H](CCNC(=O)c1cccn1C)Cc1ccccc1. The average Bonchev–Trinajstić information content (AvgIpc) is 3.34. The number of nitrogens with zero attached hydrogens (tertiary/aromatic N) is 3. The Bertz CT molecular complexity index is 1270. The van der Waals surface area contributed by atoms with Crippen LogP contribution in [0.3, 0.4) is 0 Å². The van der Waals surface area contributed by atoms with Gasteiger partial charge in [0.1, 0.15) is 5.69 Å². The molecule has 0 aliphatic heterocycles. The summed E-state index contributed by atoms with van der Waals surface area (Å²) in [5, 5.41) is 3.00. The highest BCUT2D eigenvalue weighted by atomic mass is 16.2. The van der Waals surface area contributed by atoms with Gasteiger partial charge in [0.15, 0.2) is 0 Å². The maximum Gasteiger partial charge on any atom is 0.267 e. The van der Waals surface area contributed by atoms with Crippen molar-refractivity contribution in [1.29, 1.82) is 0 Å². The van der Waals surface area contributed by atoms with Crippen molar-refractivity contribution >= 4 is 11.8 Å². The van der Waals surface area contributed by atoms with Crippen LogP contribution >= 0.6 is 0 Å². The number of carbonyl (C=O) groups excluding carboxylic acids is 2. The summed E-state index contributed by atoms with van der Waals surface area (Å²) in [6.45, 7) is 0.465. The quantitative estimate of drug-likeness (QED) is 0.392. The Morgan fingerprint density at radius 2 is 1.77 bits per heavy atom. The number of carbonyl (C=O) groups is 2. The number of hydrogen-bond donors (Lipinski definition) is 1. The molecule has 35 heavy (non-hydrogen) atoms. The van der Waals surface area contributed by atoms with Gasteiger partial charge in [-0.15, -0.1) is 0 Å². The smallest absolute Gasteiger partial charge is 0.267 e. The molecule has 0 spiro atoms. The Kier molecular flexibility index (Phi) is 7.73. The molecule has 0 aliphatic rings. The Morgan fingerprint density at radius 3 is 2.49 bits per heavy atom. The lowest BCUT2D eigenvalue weighted by Crippen LogP contribution is -2.41. The van der Waals surface area contributed by atoms with Gasteiger partial charge in [0.05, 0.1) is 5.69 Å². The molecule has 0 fully saturated rings. The fourth-order valence-electron chi connectivity index (χ4n) is 4.17. The maximum absolute atomic E-state index is 13.5. The maximum atomic E-state index is 13.5. The summed E-state index contributed by atoms with van der Waals surface area (Å²) in [5.74, 6) is -0.175. The minimum atomic E-state index is -0.118. The van der Waals surface area contributed by atoms with Crippen LogP contribution in [0.1, 0.15) is 32.8 Å². The van der Waals surface area contributed by atoms with Crippen molar-refractivity contribution in [2.24, 2.45) is 7.05 Å². The Labute approximate surface area is 206 Å². The summed E-state index contributed by atoms with van der Waals surface area (Å²) in [4.78, 5) is 32.2. The van der Waals surface area contributed by atoms with E-state index in [0.29, 0.717) is 30.6 Å². The van der Waals surface area contributed by atoms with E-state index in [1.54, 1.807) is 21.7 Å². The lowest BCUT2D eigenvalue weighted by Gasteiger charge is -2.29. The first-order chi connectivity index (χ1) is 17.0. The summed E-state index contributed by atoms with van der Waals surface area (Å²) in [7, 11) is 3.68. The van der Waals surface area contributed by atoms with Crippen LogP contribution in [0.4, 0.5) is 0 Å². The molecule has 0 radical (unpaired) electrons. The van der Waals surface area contributed by atoms with Gasteiger partial charge in [-0.3, -0.25) is 14.6 Å². The average molecular weight is 467 g/mol. The largest absolute Gasteiger partial charge is 0.351 e. The van der Waals surface area contributed by atoms with E-state index in [9.17, 15) is 9.59 Å². The minimum absolute atomic E-state index is 0.0579. The molecule has 0 saturated heterocycles. The molecule has 0 unspecified atom stereocenters. The van der Waals surface area contributed by atoms with Crippen LogP contribution in [0.25, 0.3) is 11.3 Å². The van der Waals surface area contributed by atoms with E-state index < -0.39 is 0 Å². The molecule has 2 amide bonds. The lowest BCUT2D eigenvalue weighted by molar-refractivity contribution is 0.0723. The minimum Gasteiger partial charge on any atom is -0.351 e. The van der Waals surface area contributed by atoms with Gasteiger partial charge in [0.25, 0.3) is 11.8 Å². The van der Waals surface area contributed by atoms with E-state index in [-0.39, 0.29) is 17.9 Å². The molecule has 6 nitrogen and oxygen atoms in total. The predicted octanol–water partition coefficient (Wildman–Crippen LogP) is 4.59. The van der Waals surface area contributed by atoms with Crippen LogP contribution in [-0.2, 0) is 13.5 Å². The molecule has 2 heterocycles. The van der Waals surface area contributed by atoms with Gasteiger partial charge in [-0.2, -0.15) is 0 Å². The van der Waals surface area contributed by atoms with Gasteiger partial charge in [-0.05, 0) is 54.8 Å². The summed E-state index contributed by atoms with van der Waals surface area (Å²) >= 11 is 0. The summed E-state index contributed by atoms with van der Waals surface area (Å²) in [5.41, 5.74) is 4.10. The lowest BCUT2D eigenvalue weighted by atomic mass is 10.0. The second-order valence-electron chi connectivity index (χ2n) is 8.60. The summed E-state index contributed by atoms with van der Waals surface area (Å²) in [6, 6.07) is 27.0. The number of aryl methyl sites for hydroxylation is 1. The van der Waals surface area contributed by atoms with E-state index in [2.05, 4.69) is 22.4 Å². The highest BCUT2D eigenvalue weighted by Crippen LogP contribution is 2.20. The molecule has 4 rings (SSSR count). The van der Waals surface area contributed by atoms with Gasteiger partial charge in [0.2, 0.25) is 0 Å². The topological polar surface area (TPSA) is 67.2 Å². The third-order valence-corrected chi connectivity index (χ3v) is 6.19. The predicted molar refractivity (Wildman–Crippen MR) is 138 cm³/mol. The third-order valence-electron chi connectivity index (χ3n) is 6.19. The zero-order valence-corrected chi connectivity index (χ0v) is 20.1. The molecule has 4 aromatic rings. The van der Waals surface area contributed by atoms with Gasteiger partial charge in [-0.25, -0.2) is 0 Å². The van der Waals surface area contributed by atoms with E-state index in [0.717, 1.165) is 16.8 Å². The van der Waals surface area contributed by atoms with Crippen molar-refractivity contribution in [2.45, 2.75) is 18.9 Å². The highest BCUT2D eigenvalue weighted by Gasteiger charge is 2.22. The number of hydrogen-bond acceptors (Lipinski definition) is 3. The zero-order chi connectivity index (χ0) is 24.6. The Hall–Kier alpha value is -4.19. The first-order valence-corrected chi connectivity index (χ1v) is 11.7. The van der Waals surface area contributed by atoms with E-state index in [1.165, 1.54) is 0 Å². The van der Waals surface area contributed by atoms with Crippen LogP contribution in [0.2, 0.25) is 0 Å². The van der Waals surface area contributed by atoms with Crippen LogP contribution in [-0.4, -0.2) is 45.9 Å². The molecule has 1 atom stereocenters. The van der Waals surface area contributed by atoms with Crippen LogP contribution in [0.15, 0.2) is 97.3 Å². The molecule has 6 heteroatoms. The van der Waals surface area contributed by atoms with Crippen molar-refractivity contribution in [3.05, 3.63) is 114 Å². The number of rotatable bonds is 9. The number of pyridine rings is 1. The fourth-order valence-corrected chi connectivity index (χ4v) is 4.17. The first kappa shape index (κ1) is 24.0. The molecular weight excluding hydrogens is 436 g/mol. The van der Waals surface area contributed by atoms with Crippen molar-refractivity contribution < 1.29 is 9.59 Å². The van der Waals surface area contributed by atoms with Gasteiger partial charge in [-0.1, -0.05) is 48.5 Å². The normalized spacial score (nSPS) is 11.6. The molecule has 1 N–H and O–H groups in total. The standard InChI is InChI=1S/C29H30N4O2/c1-32-19-9-15-27(32)28(34)31-18-16-25(20-22-10-4-3-5-11-22)33(2)29(35)24-13-8-12-23(21-24)26-14-6-7-17-30-26/h3-15,17,19,21,25H,16,18,20H2,1-2H3,(H,31,34)/t25-/m1/s1. The van der Waals surface area contributed by atoms with Crippen molar-refractivity contribution in [1.82, 2.24) is 19.8 Å². The third kappa shape index (κ3) is 6.03. The highest BCUT2D eigenvalue weighted by molar-refractivity contribution is 5.95. The second kappa shape index (κ2) is 11.3. The monoisotopic (exact) mass is 466 g/mol. The molecule has 0 aliphatic carbocycles. The van der Waals surface area contributed by atoms with Gasteiger partial charge >= 0.3 is 0 Å². The number of benzene rings is 2. The summed E-state index contributed by atoms with van der Waals surface area (Å²) in [6.07, 6.45) is 4.92. The zero-order valence-electron chi connectivity index (χ0n) is 20.1. The molecule has 2 aromatic heterocycles. The Morgan fingerprint density at radius 1 is 0.971 bits per heavy atom. The van der Waals surface area contributed by atoms with Crippen LogP contribution < -0.4 is 5.32 Å². The fraction of sp³-hybridized carbons (Fsp3) is 0.207. The van der Waals surface area contributed by atoms with Crippen molar-refractivity contribution in [2.75, 3.05) is 13.6 Å². The van der Waals surface area contributed by atoms with E-state index in [4.69, 9.17) is 0 Å². The van der Waals surface area contributed by atoms with E-state index >= 15 is 0 Å². The molecular formula is C29H30N4O2. The number of nitrogens with one attached hydrogen (secondary N) is 1. The molecule has 2 aromatic carbocycles. The second-order valence-corrected chi connectivity index (χ2v) is 8.60. The number of amides is 2. The molecule has 0 bridgehead atoms. The Balaban J connectivity index is 1.49. The van der Waals surface area contributed by atoms with Gasteiger partial charge in [0, 0.05) is 50.2 Å². The summed E-state index contributed by atoms with van der Waals surface area (Å²) < 4.78 is 1.79.